The zero-order chi connectivity index (χ0) is 9.97. The lowest BCUT2D eigenvalue weighted by atomic mass is 10.1. The molecule has 0 spiro atoms. The lowest BCUT2D eigenvalue weighted by Gasteiger charge is -1.94. The smallest absolute Gasteiger partial charge is 0.226 e. The Labute approximate surface area is 84.2 Å². The van der Waals surface area contributed by atoms with Gasteiger partial charge in [-0.05, 0) is 32.6 Å². The first-order chi connectivity index (χ1) is 6.75. The zero-order valence-corrected chi connectivity index (χ0v) is 8.62. The topological polar surface area (TPSA) is 38.9 Å². The first kappa shape index (κ1) is 9.44. The van der Waals surface area contributed by atoms with Crippen LogP contribution in [0.1, 0.15) is 50.2 Å². The molecule has 0 atom stereocenters. The molecule has 0 aromatic carbocycles. The van der Waals surface area contributed by atoms with E-state index in [0.717, 1.165) is 31.0 Å². The number of nitrogens with zero attached hydrogens (tertiary/aromatic N) is 2. The van der Waals surface area contributed by atoms with Gasteiger partial charge in [-0.1, -0.05) is 10.7 Å². The third kappa shape index (κ3) is 2.44. The van der Waals surface area contributed by atoms with E-state index in [-0.39, 0.29) is 0 Å². The largest absolute Gasteiger partial charge is 0.339 e. The minimum atomic E-state index is 0.591. The molecule has 76 valence electrons. The van der Waals surface area contributed by atoms with Crippen molar-refractivity contribution in [2.24, 2.45) is 0 Å². The second kappa shape index (κ2) is 3.95. The highest BCUT2D eigenvalue weighted by molar-refractivity contribution is 5.03. The van der Waals surface area contributed by atoms with Crippen LogP contribution in [0.3, 0.4) is 0 Å². The molecule has 1 aromatic heterocycles. The van der Waals surface area contributed by atoms with Gasteiger partial charge in [-0.2, -0.15) is 4.98 Å². The van der Waals surface area contributed by atoms with E-state index in [2.05, 4.69) is 16.7 Å². The van der Waals surface area contributed by atoms with Crippen LogP contribution in [0.4, 0.5) is 0 Å². The minimum Gasteiger partial charge on any atom is -0.339 e. The first-order valence-corrected chi connectivity index (χ1v) is 5.22. The number of hydrogen-bond donors (Lipinski definition) is 0. The number of hydrogen-bond acceptors (Lipinski definition) is 3. The van der Waals surface area contributed by atoms with Gasteiger partial charge in [0.25, 0.3) is 0 Å². The third-order valence-corrected chi connectivity index (χ3v) is 2.42. The van der Waals surface area contributed by atoms with Gasteiger partial charge in [0.2, 0.25) is 5.89 Å². The van der Waals surface area contributed by atoms with Crippen LogP contribution in [0.5, 0.6) is 0 Å². The molecule has 14 heavy (non-hydrogen) atoms. The van der Waals surface area contributed by atoms with Crippen LogP contribution < -0.4 is 0 Å². The molecule has 0 aliphatic heterocycles. The standard InChI is InChI=1S/C11H16N2O/c1-8(2)4-3-5-10-12-11(13-14-10)9-6-7-9/h9H,1,3-7H2,2H3. The second-order valence-electron chi connectivity index (χ2n) is 4.13. The minimum absolute atomic E-state index is 0.591. The maximum Gasteiger partial charge on any atom is 0.226 e. The van der Waals surface area contributed by atoms with Gasteiger partial charge in [0.1, 0.15) is 0 Å². The van der Waals surface area contributed by atoms with E-state index >= 15 is 0 Å². The Hall–Kier alpha value is -1.12. The summed E-state index contributed by atoms with van der Waals surface area (Å²) in [5.41, 5.74) is 1.21. The van der Waals surface area contributed by atoms with Crippen molar-refractivity contribution in [3.8, 4) is 0 Å². The highest BCUT2D eigenvalue weighted by atomic mass is 16.5. The summed E-state index contributed by atoms with van der Waals surface area (Å²) in [6.07, 6.45) is 5.44. The number of allylic oxidation sites excluding steroid dienone is 1. The maximum atomic E-state index is 5.16. The van der Waals surface area contributed by atoms with Crippen LogP contribution >= 0.6 is 0 Å². The predicted molar refractivity (Wildman–Crippen MR) is 54.0 cm³/mol. The first-order valence-electron chi connectivity index (χ1n) is 5.22. The molecule has 2 rings (SSSR count). The van der Waals surface area contributed by atoms with Gasteiger partial charge in [-0.25, -0.2) is 0 Å². The van der Waals surface area contributed by atoms with E-state index in [1.165, 1.54) is 18.4 Å². The Bertz CT molecular complexity index is 326. The Morgan fingerprint density at radius 2 is 2.36 bits per heavy atom. The predicted octanol–water partition coefficient (Wildman–Crippen LogP) is 2.85. The molecule has 1 fully saturated rings. The normalized spacial score (nSPS) is 15.8. The fourth-order valence-corrected chi connectivity index (χ4v) is 1.42. The average Bonchev–Trinajstić information content (AvgIpc) is 2.87. The lowest BCUT2D eigenvalue weighted by Crippen LogP contribution is -1.87. The van der Waals surface area contributed by atoms with Crippen LogP contribution in [0, 0.1) is 0 Å². The Morgan fingerprint density at radius 1 is 1.57 bits per heavy atom. The third-order valence-electron chi connectivity index (χ3n) is 2.42. The second-order valence-corrected chi connectivity index (χ2v) is 4.13. The van der Waals surface area contributed by atoms with Crippen molar-refractivity contribution >= 4 is 0 Å². The van der Waals surface area contributed by atoms with Crippen molar-refractivity contribution in [3.05, 3.63) is 23.9 Å². The van der Waals surface area contributed by atoms with E-state index in [1.807, 2.05) is 6.92 Å². The molecule has 1 saturated carbocycles. The molecule has 1 aliphatic rings. The SMILES string of the molecule is C=C(C)CCCc1nc(C2CC2)no1. The summed E-state index contributed by atoms with van der Waals surface area (Å²) in [6, 6.07) is 0. The van der Waals surface area contributed by atoms with Gasteiger partial charge in [0.15, 0.2) is 5.82 Å². The van der Waals surface area contributed by atoms with Gasteiger partial charge in [-0.3, -0.25) is 0 Å². The van der Waals surface area contributed by atoms with E-state index < -0.39 is 0 Å². The molecule has 0 radical (unpaired) electrons. The molecular weight excluding hydrogens is 176 g/mol. The number of rotatable bonds is 5. The highest BCUT2D eigenvalue weighted by Gasteiger charge is 2.28. The molecule has 0 saturated heterocycles. The van der Waals surface area contributed by atoms with Crippen molar-refractivity contribution in [3.63, 3.8) is 0 Å². The molecule has 1 aromatic rings. The molecule has 0 amide bonds. The van der Waals surface area contributed by atoms with Crippen LogP contribution in [-0.4, -0.2) is 10.1 Å². The van der Waals surface area contributed by atoms with Crippen molar-refractivity contribution in [2.75, 3.05) is 0 Å². The molecule has 3 nitrogen and oxygen atoms in total. The van der Waals surface area contributed by atoms with Crippen molar-refractivity contribution in [1.29, 1.82) is 0 Å². The summed E-state index contributed by atoms with van der Waals surface area (Å²) in [6.45, 7) is 5.91. The molecule has 1 aliphatic carbocycles. The van der Waals surface area contributed by atoms with E-state index in [1.54, 1.807) is 0 Å². The van der Waals surface area contributed by atoms with E-state index in [0.29, 0.717) is 5.92 Å². The Kier molecular flexibility index (Phi) is 2.66. The quantitative estimate of drug-likeness (QED) is 0.673. The summed E-state index contributed by atoms with van der Waals surface area (Å²) in [5, 5.41) is 3.97. The fourth-order valence-electron chi connectivity index (χ4n) is 1.42. The maximum absolute atomic E-state index is 5.16. The van der Waals surface area contributed by atoms with Crippen LogP contribution in [0.25, 0.3) is 0 Å². The van der Waals surface area contributed by atoms with Crippen molar-refractivity contribution in [2.45, 2.75) is 44.9 Å². The summed E-state index contributed by atoms with van der Waals surface area (Å²) < 4.78 is 5.16. The summed E-state index contributed by atoms with van der Waals surface area (Å²) in [5.74, 6) is 2.29. The van der Waals surface area contributed by atoms with Crippen LogP contribution in [0.15, 0.2) is 16.7 Å². The summed E-state index contributed by atoms with van der Waals surface area (Å²) in [7, 11) is 0. The van der Waals surface area contributed by atoms with Crippen molar-refractivity contribution in [1.82, 2.24) is 10.1 Å². The average molecular weight is 192 g/mol. The summed E-state index contributed by atoms with van der Waals surface area (Å²) in [4.78, 5) is 4.36. The van der Waals surface area contributed by atoms with Gasteiger partial charge < -0.3 is 4.52 Å². The van der Waals surface area contributed by atoms with E-state index in [9.17, 15) is 0 Å². The molecule has 0 unspecified atom stereocenters. The molecule has 1 heterocycles. The molecule has 0 bridgehead atoms. The van der Waals surface area contributed by atoms with Gasteiger partial charge in [-0.15, -0.1) is 6.58 Å². The van der Waals surface area contributed by atoms with Crippen molar-refractivity contribution < 1.29 is 4.52 Å². The molecule has 3 heteroatoms. The Morgan fingerprint density at radius 3 is 3.00 bits per heavy atom. The summed E-state index contributed by atoms with van der Waals surface area (Å²) >= 11 is 0. The van der Waals surface area contributed by atoms with Crippen LogP contribution in [-0.2, 0) is 6.42 Å². The van der Waals surface area contributed by atoms with Gasteiger partial charge >= 0.3 is 0 Å². The zero-order valence-electron chi connectivity index (χ0n) is 8.62. The highest BCUT2D eigenvalue weighted by Crippen LogP contribution is 2.38. The van der Waals surface area contributed by atoms with Crippen LogP contribution in [0.2, 0.25) is 0 Å². The van der Waals surface area contributed by atoms with Gasteiger partial charge in [0, 0.05) is 12.3 Å². The molecular formula is C11H16N2O. The van der Waals surface area contributed by atoms with E-state index in [4.69, 9.17) is 4.52 Å². The number of aryl methyl sites for hydroxylation is 1. The fraction of sp³-hybridized carbons (Fsp3) is 0.636. The lowest BCUT2D eigenvalue weighted by molar-refractivity contribution is 0.370. The monoisotopic (exact) mass is 192 g/mol. The Balaban J connectivity index is 1.80. The molecule has 0 N–H and O–H groups in total. The van der Waals surface area contributed by atoms with Gasteiger partial charge in [0.05, 0.1) is 0 Å². The number of aromatic nitrogens is 2.